The second-order valence-corrected chi connectivity index (χ2v) is 5.41. The van der Waals surface area contributed by atoms with Crippen molar-refractivity contribution in [3.63, 3.8) is 0 Å². The molecule has 0 saturated heterocycles. The van der Waals surface area contributed by atoms with Gasteiger partial charge in [-0.2, -0.15) is 0 Å². The molecule has 1 unspecified atom stereocenters. The summed E-state index contributed by atoms with van der Waals surface area (Å²) in [5.74, 6) is -0.554. The van der Waals surface area contributed by atoms with Crippen molar-refractivity contribution in [2.24, 2.45) is 5.73 Å². The molecule has 4 nitrogen and oxygen atoms in total. The molecule has 2 aromatic rings. The summed E-state index contributed by atoms with van der Waals surface area (Å²) >= 11 is 0. The molecule has 0 fully saturated rings. The Bertz CT molecular complexity index is 623. The third-order valence-electron chi connectivity index (χ3n) is 3.58. The molecular weight excluding hydrogens is 331 g/mol. The van der Waals surface area contributed by atoms with Crippen LogP contribution in [0.3, 0.4) is 0 Å². The third kappa shape index (κ3) is 5.92. The number of carbonyl (C=O) groups is 1. The van der Waals surface area contributed by atoms with Crippen LogP contribution in [-0.2, 0) is 17.8 Å². The first-order valence-electron chi connectivity index (χ1n) is 7.53. The van der Waals surface area contributed by atoms with Crippen LogP contribution < -0.4 is 5.73 Å². The van der Waals surface area contributed by atoms with Crippen molar-refractivity contribution in [1.82, 2.24) is 4.90 Å². The van der Waals surface area contributed by atoms with Crippen LogP contribution in [0.4, 0.5) is 4.39 Å². The Labute approximate surface area is 147 Å². The van der Waals surface area contributed by atoms with Gasteiger partial charge in [-0.05, 0) is 29.7 Å². The SMILES string of the molecule is Cl.NC(Cc1ccccc1)C(=O)N(CCO)Cc1ccc(F)cc1. The number of aliphatic hydroxyl groups excluding tert-OH is 1. The van der Waals surface area contributed by atoms with E-state index < -0.39 is 6.04 Å². The molecule has 24 heavy (non-hydrogen) atoms. The first-order valence-corrected chi connectivity index (χ1v) is 7.53. The number of nitrogens with two attached hydrogens (primary N) is 1. The minimum atomic E-state index is -0.676. The largest absolute Gasteiger partial charge is 0.395 e. The van der Waals surface area contributed by atoms with E-state index in [0.29, 0.717) is 13.0 Å². The van der Waals surface area contributed by atoms with Gasteiger partial charge in [-0.25, -0.2) is 4.39 Å². The first kappa shape index (κ1) is 20.1. The highest BCUT2D eigenvalue weighted by Gasteiger charge is 2.21. The van der Waals surface area contributed by atoms with E-state index in [2.05, 4.69) is 0 Å². The summed E-state index contributed by atoms with van der Waals surface area (Å²) in [7, 11) is 0. The van der Waals surface area contributed by atoms with Crippen molar-refractivity contribution < 1.29 is 14.3 Å². The maximum absolute atomic E-state index is 13.0. The van der Waals surface area contributed by atoms with Crippen LogP contribution in [0.5, 0.6) is 0 Å². The van der Waals surface area contributed by atoms with Gasteiger partial charge in [0.1, 0.15) is 5.82 Å². The fraction of sp³-hybridized carbons (Fsp3) is 0.278. The molecule has 2 aromatic carbocycles. The van der Waals surface area contributed by atoms with Crippen LogP contribution in [0.2, 0.25) is 0 Å². The van der Waals surface area contributed by atoms with Crippen LogP contribution in [0.15, 0.2) is 54.6 Å². The van der Waals surface area contributed by atoms with E-state index in [-0.39, 0.29) is 37.3 Å². The van der Waals surface area contributed by atoms with E-state index in [1.54, 1.807) is 12.1 Å². The minimum Gasteiger partial charge on any atom is -0.395 e. The van der Waals surface area contributed by atoms with E-state index in [9.17, 15) is 14.3 Å². The van der Waals surface area contributed by atoms with Crippen molar-refractivity contribution in [2.45, 2.75) is 19.0 Å². The molecule has 0 heterocycles. The van der Waals surface area contributed by atoms with Crippen LogP contribution in [0, 0.1) is 5.82 Å². The number of benzene rings is 2. The fourth-order valence-electron chi connectivity index (χ4n) is 2.39. The quantitative estimate of drug-likeness (QED) is 0.802. The lowest BCUT2D eigenvalue weighted by atomic mass is 10.1. The summed E-state index contributed by atoms with van der Waals surface area (Å²) in [5, 5.41) is 9.18. The molecule has 0 aliphatic carbocycles. The Hall–Kier alpha value is -1.95. The highest BCUT2D eigenvalue weighted by atomic mass is 35.5. The maximum Gasteiger partial charge on any atom is 0.240 e. The predicted octanol–water partition coefficient (Wildman–Crippen LogP) is 2.14. The number of rotatable bonds is 7. The van der Waals surface area contributed by atoms with Crippen molar-refractivity contribution >= 4 is 18.3 Å². The van der Waals surface area contributed by atoms with Crippen molar-refractivity contribution in [3.8, 4) is 0 Å². The Morgan fingerprint density at radius 2 is 1.71 bits per heavy atom. The van der Waals surface area contributed by atoms with Crippen LogP contribution >= 0.6 is 12.4 Å². The first-order chi connectivity index (χ1) is 11.1. The highest BCUT2D eigenvalue weighted by Crippen LogP contribution is 2.10. The van der Waals surface area contributed by atoms with Gasteiger partial charge in [0.05, 0.1) is 12.6 Å². The smallest absolute Gasteiger partial charge is 0.240 e. The normalized spacial score (nSPS) is 11.5. The highest BCUT2D eigenvalue weighted by molar-refractivity contribution is 5.85. The van der Waals surface area contributed by atoms with Gasteiger partial charge in [-0.3, -0.25) is 4.79 Å². The van der Waals surface area contributed by atoms with Crippen molar-refractivity contribution in [2.75, 3.05) is 13.2 Å². The van der Waals surface area contributed by atoms with Crippen LogP contribution in [0.1, 0.15) is 11.1 Å². The molecular formula is C18H22ClFN2O2. The minimum absolute atomic E-state index is 0. The molecule has 1 amide bonds. The summed E-state index contributed by atoms with van der Waals surface area (Å²) in [6.45, 7) is 0.339. The van der Waals surface area contributed by atoms with Crippen LogP contribution in [-0.4, -0.2) is 35.1 Å². The second-order valence-electron chi connectivity index (χ2n) is 5.41. The van der Waals surface area contributed by atoms with Gasteiger partial charge in [-0.15, -0.1) is 12.4 Å². The van der Waals surface area contributed by atoms with E-state index in [1.165, 1.54) is 17.0 Å². The van der Waals surface area contributed by atoms with Crippen LogP contribution in [0.25, 0.3) is 0 Å². The molecule has 0 aromatic heterocycles. The maximum atomic E-state index is 13.0. The van der Waals surface area contributed by atoms with Gasteiger partial charge < -0.3 is 15.7 Å². The number of carbonyl (C=O) groups excluding carboxylic acids is 1. The molecule has 0 radical (unpaired) electrons. The standard InChI is InChI=1S/C18H21FN2O2.ClH/c19-16-8-6-15(7-9-16)13-21(10-11-22)18(23)17(20)12-14-4-2-1-3-5-14;/h1-9,17,22H,10-13,20H2;1H. The summed E-state index contributed by atoms with van der Waals surface area (Å²) in [5.41, 5.74) is 7.80. The molecule has 0 saturated carbocycles. The number of halogens is 2. The summed E-state index contributed by atoms with van der Waals surface area (Å²) in [6, 6.07) is 14.8. The molecule has 0 bridgehead atoms. The van der Waals surface area contributed by atoms with Gasteiger partial charge in [0, 0.05) is 13.1 Å². The zero-order valence-electron chi connectivity index (χ0n) is 13.3. The van der Waals surface area contributed by atoms with Gasteiger partial charge in [-0.1, -0.05) is 42.5 Å². The number of hydrogen-bond donors (Lipinski definition) is 2. The zero-order valence-corrected chi connectivity index (χ0v) is 14.1. The van der Waals surface area contributed by atoms with Gasteiger partial charge >= 0.3 is 0 Å². The Kier molecular flexibility index (Phi) is 8.40. The Morgan fingerprint density at radius 1 is 1.08 bits per heavy atom. The monoisotopic (exact) mass is 352 g/mol. The predicted molar refractivity (Wildman–Crippen MR) is 94.3 cm³/mol. The number of amides is 1. The Balaban J connectivity index is 0.00000288. The molecule has 3 N–H and O–H groups in total. The lowest BCUT2D eigenvalue weighted by Gasteiger charge is -2.25. The number of hydrogen-bond acceptors (Lipinski definition) is 3. The van der Waals surface area contributed by atoms with E-state index in [1.807, 2.05) is 30.3 Å². The van der Waals surface area contributed by atoms with E-state index >= 15 is 0 Å². The van der Waals surface area contributed by atoms with E-state index in [4.69, 9.17) is 5.73 Å². The van der Waals surface area contributed by atoms with Crippen molar-refractivity contribution in [1.29, 1.82) is 0 Å². The molecule has 0 spiro atoms. The topological polar surface area (TPSA) is 66.6 Å². The summed E-state index contributed by atoms with van der Waals surface area (Å²) in [4.78, 5) is 14.0. The average Bonchev–Trinajstić information content (AvgIpc) is 2.56. The third-order valence-corrected chi connectivity index (χ3v) is 3.58. The summed E-state index contributed by atoms with van der Waals surface area (Å²) in [6.07, 6.45) is 0.436. The summed E-state index contributed by atoms with van der Waals surface area (Å²) < 4.78 is 13.0. The molecule has 1 atom stereocenters. The van der Waals surface area contributed by atoms with E-state index in [0.717, 1.165) is 11.1 Å². The molecule has 2 rings (SSSR count). The molecule has 6 heteroatoms. The van der Waals surface area contributed by atoms with Gasteiger partial charge in [0.2, 0.25) is 5.91 Å². The molecule has 0 aliphatic heterocycles. The lowest BCUT2D eigenvalue weighted by Crippen LogP contribution is -2.45. The van der Waals surface area contributed by atoms with Gasteiger partial charge in [0.15, 0.2) is 0 Å². The van der Waals surface area contributed by atoms with Crippen molar-refractivity contribution in [3.05, 3.63) is 71.5 Å². The molecule has 130 valence electrons. The zero-order chi connectivity index (χ0) is 16.7. The molecule has 0 aliphatic rings. The lowest BCUT2D eigenvalue weighted by molar-refractivity contribution is -0.133. The second kappa shape index (κ2) is 10.0. The fourth-order valence-corrected chi connectivity index (χ4v) is 2.39. The number of nitrogens with zero attached hydrogens (tertiary/aromatic N) is 1. The van der Waals surface area contributed by atoms with Gasteiger partial charge in [0.25, 0.3) is 0 Å². The number of aliphatic hydroxyl groups is 1. The average molecular weight is 353 g/mol. The Morgan fingerprint density at radius 3 is 2.29 bits per heavy atom.